The molecule has 5 nitrogen and oxygen atoms in total. The molecule has 0 aromatic heterocycles. The summed E-state index contributed by atoms with van der Waals surface area (Å²) >= 11 is 0. The number of hydrogen-bond donors (Lipinski definition) is 3. The topological polar surface area (TPSA) is 101 Å². The van der Waals surface area contributed by atoms with E-state index < -0.39 is 23.4 Å². The summed E-state index contributed by atoms with van der Waals surface area (Å²) in [6, 6.07) is 6.26. The Kier molecular flexibility index (Phi) is 1.81. The molecule has 78 valence electrons. The van der Waals surface area contributed by atoms with Gasteiger partial charge < -0.3 is 15.9 Å². The zero-order valence-electron chi connectivity index (χ0n) is 7.68. The van der Waals surface area contributed by atoms with Gasteiger partial charge in [-0.1, -0.05) is 24.3 Å². The van der Waals surface area contributed by atoms with Crippen molar-refractivity contribution in [1.29, 1.82) is 0 Å². The molecule has 1 aromatic carbocycles. The first kappa shape index (κ1) is 9.67. The molecule has 0 amide bonds. The Balaban J connectivity index is 2.67. The van der Waals surface area contributed by atoms with E-state index in [1.54, 1.807) is 24.3 Å². The average molecular weight is 207 g/mol. The first-order valence-corrected chi connectivity index (χ1v) is 4.33. The van der Waals surface area contributed by atoms with Crippen LogP contribution >= 0.6 is 0 Å². The monoisotopic (exact) mass is 207 g/mol. The van der Waals surface area contributed by atoms with E-state index in [9.17, 15) is 9.59 Å². The third-order valence-electron chi connectivity index (χ3n) is 2.78. The first-order valence-electron chi connectivity index (χ1n) is 4.33. The highest BCUT2D eigenvalue weighted by Gasteiger charge is 2.51. The number of hydrogen-bond acceptors (Lipinski definition) is 3. The summed E-state index contributed by atoms with van der Waals surface area (Å²) in [6.07, 6.45) is 0. The van der Waals surface area contributed by atoms with Gasteiger partial charge in [-0.3, -0.25) is 4.79 Å². The summed E-state index contributed by atoms with van der Waals surface area (Å²) in [4.78, 5) is 22.1. The molecule has 2 atom stereocenters. The SMILES string of the molecule is N[C@]1(C(=O)O)c2ccc(cc2)[C@@H]1C(=O)O. The highest BCUT2D eigenvalue weighted by molar-refractivity contribution is 5.92. The van der Waals surface area contributed by atoms with Gasteiger partial charge in [0.25, 0.3) is 0 Å². The molecule has 15 heavy (non-hydrogen) atoms. The van der Waals surface area contributed by atoms with Gasteiger partial charge in [0.05, 0.1) is 0 Å². The van der Waals surface area contributed by atoms with E-state index in [2.05, 4.69) is 0 Å². The quantitative estimate of drug-likeness (QED) is 0.638. The second-order valence-corrected chi connectivity index (χ2v) is 3.57. The summed E-state index contributed by atoms with van der Waals surface area (Å²) in [5, 5.41) is 18.0. The van der Waals surface area contributed by atoms with Crippen LogP contribution in [0, 0.1) is 0 Å². The van der Waals surface area contributed by atoms with Gasteiger partial charge in [0.2, 0.25) is 0 Å². The van der Waals surface area contributed by atoms with Gasteiger partial charge in [-0.05, 0) is 11.1 Å². The summed E-state index contributed by atoms with van der Waals surface area (Å²) in [6.45, 7) is 0. The van der Waals surface area contributed by atoms with Gasteiger partial charge in [-0.25, -0.2) is 4.79 Å². The highest BCUT2D eigenvalue weighted by atomic mass is 16.4. The van der Waals surface area contributed by atoms with Gasteiger partial charge in [-0.2, -0.15) is 0 Å². The molecule has 0 radical (unpaired) electrons. The van der Waals surface area contributed by atoms with E-state index in [-0.39, 0.29) is 0 Å². The van der Waals surface area contributed by atoms with Gasteiger partial charge in [0.15, 0.2) is 5.54 Å². The zero-order chi connectivity index (χ0) is 11.2. The van der Waals surface area contributed by atoms with Crippen molar-refractivity contribution >= 4 is 11.9 Å². The number of aliphatic carboxylic acids is 2. The Morgan fingerprint density at radius 3 is 2.07 bits per heavy atom. The van der Waals surface area contributed by atoms with Crippen LogP contribution in [0.15, 0.2) is 24.3 Å². The van der Waals surface area contributed by atoms with E-state index in [0.29, 0.717) is 11.1 Å². The van der Waals surface area contributed by atoms with Crippen LogP contribution in [-0.4, -0.2) is 22.2 Å². The van der Waals surface area contributed by atoms with Crippen molar-refractivity contribution in [3.8, 4) is 0 Å². The fourth-order valence-electron chi connectivity index (χ4n) is 1.97. The third-order valence-corrected chi connectivity index (χ3v) is 2.78. The molecule has 0 aliphatic heterocycles. The lowest BCUT2D eigenvalue weighted by Crippen LogP contribution is -2.54. The van der Waals surface area contributed by atoms with Crippen molar-refractivity contribution in [3.05, 3.63) is 35.4 Å². The van der Waals surface area contributed by atoms with Crippen molar-refractivity contribution in [2.45, 2.75) is 11.5 Å². The molecule has 0 spiro atoms. The summed E-state index contributed by atoms with van der Waals surface area (Å²) in [5.41, 5.74) is 4.58. The summed E-state index contributed by atoms with van der Waals surface area (Å²) in [7, 11) is 0. The van der Waals surface area contributed by atoms with E-state index in [1.165, 1.54) is 0 Å². The third kappa shape index (κ3) is 1.07. The minimum Gasteiger partial charge on any atom is -0.481 e. The predicted octanol–water partition coefficient (Wildman–Crippen LogP) is 0.107. The molecule has 2 aliphatic carbocycles. The van der Waals surface area contributed by atoms with Gasteiger partial charge >= 0.3 is 11.9 Å². The number of carbonyl (C=O) groups is 2. The zero-order valence-corrected chi connectivity index (χ0v) is 7.68. The van der Waals surface area contributed by atoms with Crippen molar-refractivity contribution in [3.63, 3.8) is 0 Å². The molecule has 0 heterocycles. The van der Waals surface area contributed by atoms with Gasteiger partial charge in [0.1, 0.15) is 5.92 Å². The Morgan fingerprint density at radius 2 is 1.73 bits per heavy atom. The molecule has 5 heteroatoms. The minimum atomic E-state index is -1.84. The smallest absolute Gasteiger partial charge is 0.329 e. The van der Waals surface area contributed by atoms with E-state index in [4.69, 9.17) is 15.9 Å². The number of carboxylic acids is 2. The molecule has 3 rings (SSSR count). The van der Waals surface area contributed by atoms with Crippen LogP contribution in [-0.2, 0) is 15.1 Å². The fourth-order valence-corrected chi connectivity index (χ4v) is 1.97. The molecular weight excluding hydrogens is 198 g/mol. The standard InChI is InChI=1S/C10H9NO4/c11-10(9(14)15)6-3-1-5(2-4-6)7(10)8(12)13/h1-4,7H,11H2,(H,12,13)(H,14,15)/t7-,10-/m1/s1. The van der Waals surface area contributed by atoms with E-state index in [0.717, 1.165) is 0 Å². The molecule has 0 fully saturated rings. The number of fused-ring (bicyclic) bond motifs is 3. The molecule has 2 bridgehead atoms. The van der Waals surface area contributed by atoms with Crippen LogP contribution in [0.1, 0.15) is 17.0 Å². The van der Waals surface area contributed by atoms with Gasteiger partial charge in [0, 0.05) is 0 Å². The molecular formula is C10H9NO4. The summed E-state index contributed by atoms with van der Waals surface area (Å²) < 4.78 is 0. The van der Waals surface area contributed by atoms with Gasteiger partial charge in [-0.15, -0.1) is 0 Å². The minimum absolute atomic E-state index is 0.317. The predicted molar refractivity (Wildman–Crippen MR) is 50.3 cm³/mol. The van der Waals surface area contributed by atoms with Crippen molar-refractivity contribution in [1.82, 2.24) is 0 Å². The lowest BCUT2D eigenvalue weighted by Gasteiger charge is -2.35. The molecule has 4 N–H and O–H groups in total. The largest absolute Gasteiger partial charge is 0.481 e. The maximum absolute atomic E-state index is 11.1. The van der Waals surface area contributed by atoms with E-state index in [1.807, 2.05) is 0 Å². The van der Waals surface area contributed by atoms with Crippen LogP contribution in [0.3, 0.4) is 0 Å². The van der Waals surface area contributed by atoms with Crippen LogP contribution in [0.2, 0.25) is 0 Å². The Labute approximate surface area is 85.1 Å². The molecule has 2 aliphatic rings. The normalized spacial score (nSPS) is 27.7. The number of carboxylic acid groups (broad SMARTS) is 2. The first-order chi connectivity index (χ1) is 6.98. The van der Waals surface area contributed by atoms with Crippen molar-refractivity contribution in [2.24, 2.45) is 5.73 Å². The lowest BCUT2D eigenvalue weighted by molar-refractivity contribution is -0.152. The second-order valence-electron chi connectivity index (χ2n) is 3.57. The average Bonchev–Trinajstić information content (AvgIpc) is 2.18. The van der Waals surface area contributed by atoms with Crippen molar-refractivity contribution < 1.29 is 19.8 Å². The second kappa shape index (κ2) is 2.80. The maximum Gasteiger partial charge on any atom is 0.329 e. The van der Waals surface area contributed by atoms with Crippen LogP contribution < -0.4 is 5.73 Å². The fraction of sp³-hybridized carbons (Fsp3) is 0.200. The summed E-state index contributed by atoms with van der Waals surface area (Å²) in [5.74, 6) is -3.75. The molecule has 1 aromatic rings. The van der Waals surface area contributed by atoms with E-state index >= 15 is 0 Å². The van der Waals surface area contributed by atoms with Crippen LogP contribution in [0.25, 0.3) is 0 Å². The lowest BCUT2D eigenvalue weighted by atomic mass is 9.70. The highest BCUT2D eigenvalue weighted by Crippen LogP contribution is 2.40. The molecule has 0 unspecified atom stereocenters. The van der Waals surface area contributed by atoms with Crippen LogP contribution in [0.5, 0.6) is 0 Å². The van der Waals surface area contributed by atoms with Crippen molar-refractivity contribution in [2.75, 3.05) is 0 Å². The Morgan fingerprint density at radius 1 is 1.20 bits per heavy atom. The number of rotatable bonds is 2. The Hall–Kier alpha value is -1.88. The molecule has 0 saturated carbocycles. The molecule has 0 saturated heterocycles. The number of benzene rings is 1. The maximum atomic E-state index is 11.1. The number of nitrogens with two attached hydrogens (primary N) is 1. The Bertz CT molecular complexity index is 439. The van der Waals surface area contributed by atoms with Crippen LogP contribution in [0.4, 0.5) is 0 Å².